The molecule has 0 bridgehead atoms. The van der Waals surface area contributed by atoms with Crippen LogP contribution < -0.4 is 10.2 Å². The van der Waals surface area contributed by atoms with Crippen molar-refractivity contribution in [2.24, 2.45) is 0 Å². The molecule has 0 aliphatic carbocycles. The number of quaternary nitrogens is 1. The first-order chi connectivity index (χ1) is 37.5. The van der Waals surface area contributed by atoms with Crippen molar-refractivity contribution in [3.8, 4) is 0 Å². The topological polar surface area (TPSA) is 108 Å². The van der Waals surface area contributed by atoms with Crippen molar-refractivity contribution in [3.05, 3.63) is 12.2 Å². The van der Waals surface area contributed by atoms with Gasteiger partial charge in [-0.3, -0.25) is 9.36 Å². The van der Waals surface area contributed by atoms with Crippen LogP contribution in [0.1, 0.15) is 367 Å². The molecule has 0 heterocycles. The van der Waals surface area contributed by atoms with E-state index in [1.165, 1.54) is 302 Å². The lowest BCUT2D eigenvalue weighted by molar-refractivity contribution is -0.870. The van der Waals surface area contributed by atoms with Crippen molar-refractivity contribution in [3.63, 3.8) is 0 Å². The summed E-state index contributed by atoms with van der Waals surface area (Å²) in [7, 11) is 1.33. The highest BCUT2D eigenvalue weighted by Crippen LogP contribution is 2.38. The maximum Gasteiger partial charge on any atom is 0.268 e. The predicted molar refractivity (Wildman–Crippen MR) is 335 cm³/mol. The van der Waals surface area contributed by atoms with Crippen molar-refractivity contribution in [2.45, 2.75) is 379 Å². The first kappa shape index (κ1) is 76.2. The molecule has 0 saturated heterocycles. The van der Waals surface area contributed by atoms with E-state index in [1.54, 1.807) is 0 Å². The van der Waals surface area contributed by atoms with Crippen LogP contribution in [0.2, 0.25) is 0 Å². The van der Waals surface area contributed by atoms with Gasteiger partial charge in [0.25, 0.3) is 7.82 Å². The van der Waals surface area contributed by atoms with Gasteiger partial charge in [-0.15, -0.1) is 0 Å². The Morgan fingerprint density at radius 1 is 0.442 bits per heavy atom. The second-order valence-corrected chi connectivity index (χ2v) is 26.7. The van der Waals surface area contributed by atoms with Gasteiger partial charge in [0.15, 0.2) is 0 Å². The summed E-state index contributed by atoms with van der Waals surface area (Å²) in [6.07, 6.45) is 75.7. The quantitative estimate of drug-likeness (QED) is 0.0272. The fraction of sp³-hybridized carbons (Fsp3) is 0.956. The standard InChI is InChI=1S/C68H137N2O6P/c1-6-8-10-12-14-16-18-20-22-24-26-28-30-31-32-33-34-35-36-37-38-39-40-42-44-46-48-50-52-54-56-58-60-62-68(72)69-66(65-76-77(73,74)75-64-63-70(3,4)5)67(71)61-59-57-55-53-51-49-47-45-43-41-29-27-25-23-21-19-17-15-13-11-9-7-2/h24,26,66-67,71H,6-23,25,27-65H2,1-5H3,(H-,69,72,73,74)/b26-24-. The molecule has 77 heavy (non-hydrogen) atoms. The average Bonchev–Trinajstić information content (AvgIpc) is 3.39. The molecular weight excluding hydrogens is 972 g/mol. The minimum absolute atomic E-state index is 0.0160. The molecule has 0 aromatic rings. The molecule has 8 nitrogen and oxygen atoms in total. The molecule has 0 rings (SSSR count). The number of aliphatic hydroxyl groups excluding tert-OH is 1. The lowest BCUT2D eigenvalue weighted by Gasteiger charge is -2.30. The molecule has 0 spiro atoms. The van der Waals surface area contributed by atoms with Crippen LogP contribution in [0.15, 0.2) is 12.2 Å². The maximum atomic E-state index is 13.0. The molecule has 0 aliphatic rings. The molecule has 3 unspecified atom stereocenters. The number of amides is 1. The van der Waals surface area contributed by atoms with E-state index in [0.717, 1.165) is 38.5 Å². The molecule has 0 radical (unpaired) electrons. The first-order valence-electron chi connectivity index (χ1n) is 34.5. The fourth-order valence-electron chi connectivity index (χ4n) is 10.9. The highest BCUT2D eigenvalue weighted by molar-refractivity contribution is 7.45. The summed E-state index contributed by atoms with van der Waals surface area (Å²) in [6, 6.07) is -0.798. The van der Waals surface area contributed by atoms with Gasteiger partial charge >= 0.3 is 0 Å². The Balaban J connectivity index is 3.97. The molecule has 0 saturated carbocycles. The number of allylic oxidation sites excluding steroid dienone is 2. The monoisotopic (exact) mass is 1110 g/mol. The molecule has 2 N–H and O–H groups in total. The van der Waals surface area contributed by atoms with Crippen LogP contribution in [0.25, 0.3) is 0 Å². The van der Waals surface area contributed by atoms with Gasteiger partial charge < -0.3 is 28.8 Å². The van der Waals surface area contributed by atoms with Crippen LogP contribution in [-0.2, 0) is 18.4 Å². The van der Waals surface area contributed by atoms with E-state index in [1.807, 2.05) is 21.1 Å². The number of unbranched alkanes of at least 4 members (excludes halogenated alkanes) is 50. The first-order valence-corrected chi connectivity index (χ1v) is 36.0. The number of aliphatic hydroxyl groups is 1. The minimum Gasteiger partial charge on any atom is -0.756 e. The van der Waals surface area contributed by atoms with E-state index in [0.29, 0.717) is 23.9 Å². The lowest BCUT2D eigenvalue weighted by Crippen LogP contribution is -2.46. The van der Waals surface area contributed by atoms with Gasteiger partial charge in [0.2, 0.25) is 5.91 Å². The number of nitrogens with one attached hydrogen (secondary N) is 1. The predicted octanol–water partition coefficient (Wildman–Crippen LogP) is 21.1. The Bertz CT molecular complexity index is 1260. The zero-order chi connectivity index (χ0) is 56.3. The van der Waals surface area contributed by atoms with Crippen LogP contribution in [0.5, 0.6) is 0 Å². The zero-order valence-corrected chi connectivity index (χ0v) is 53.6. The third kappa shape index (κ3) is 62.7. The Kier molecular flexibility index (Phi) is 59.3. The average molecular weight is 1110 g/mol. The van der Waals surface area contributed by atoms with Crippen LogP contribution in [0.4, 0.5) is 0 Å². The Hall–Kier alpha value is -0.760. The van der Waals surface area contributed by atoms with Crippen LogP contribution in [0.3, 0.4) is 0 Å². The second-order valence-electron chi connectivity index (χ2n) is 25.2. The summed E-state index contributed by atoms with van der Waals surface area (Å²) in [4.78, 5) is 25.6. The fourth-order valence-corrected chi connectivity index (χ4v) is 11.6. The van der Waals surface area contributed by atoms with E-state index in [-0.39, 0.29) is 19.1 Å². The summed E-state index contributed by atoms with van der Waals surface area (Å²) in [5.41, 5.74) is 0. The smallest absolute Gasteiger partial charge is 0.268 e. The van der Waals surface area contributed by atoms with Crippen molar-refractivity contribution < 1.29 is 32.9 Å². The molecule has 1 amide bonds. The van der Waals surface area contributed by atoms with Gasteiger partial charge in [-0.25, -0.2) is 0 Å². The minimum atomic E-state index is -4.57. The van der Waals surface area contributed by atoms with E-state index in [2.05, 4.69) is 31.3 Å². The number of carbonyl (C=O) groups excluding carboxylic acids is 1. The molecule has 9 heteroatoms. The number of phosphoric acid groups is 1. The molecule has 0 aliphatic heterocycles. The summed E-state index contributed by atoms with van der Waals surface area (Å²) in [5, 5.41) is 14.1. The summed E-state index contributed by atoms with van der Waals surface area (Å²) >= 11 is 0. The lowest BCUT2D eigenvalue weighted by atomic mass is 10.0. The van der Waals surface area contributed by atoms with Crippen LogP contribution in [-0.4, -0.2) is 68.5 Å². The molecule has 0 fully saturated rings. The van der Waals surface area contributed by atoms with E-state index in [4.69, 9.17) is 9.05 Å². The third-order valence-electron chi connectivity index (χ3n) is 16.3. The Morgan fingerprint density at radius 3 is 1.01 bits per heavy atom. The number of likely N-dealkylation sites (N-methyl/N-ethyl adjacent to an activating group) is 1. The summed E-state index contributed by atoms with van der Waals surface area (Å²) < 4.78 is 23.5. The van der Waals surface area contributed by atoms with E-state index in [9.17, 15) is 19.4 Å². The van der Waals surface area contributed by atoms with Gasteiger partial charge in [-0.05, 0) is 38.5 Å². The van der Waals surface area contributed by atoms with E-state index >= 15 is 0 Å². The third-order valence-corrected chi connectivity index (χ3v) is 17.2. The number of nitrogens with zero attached hydrogens (tertiary/aromatic N) is 1. The number of hydrogen-bond acceptors (Lipinski definition) is 6. The largest absolute Gasteiger partial charge is 0.756 e. The summed E-state index contributed by atoms with van der Waals surface area (Å²) in [5.74, 6) is -0.155. The van der Waals surface area contributed by atoms with Gasteiger partial charge in [0.05, 0.1) is 39.9 Å². The zero-order valence-electron chi connectivity index (χ0n) is 52.7. The molecule has 0 aromatic heterocycles. The Labute approximate surface area is 482 Å². The number of rotatable bonds is 65. The van der Waals surface area contributed by atoms with Crippen molar-refractivity contribution in [2.75, 3.05) is 40.9 Å². The Morgan fingerprint density at radius 2 is 0.714 bits per heavy atom. The highest BCUT2D eigenvalue weighted by Gasteiger charge is 2.24. The van der Waals surface area contributed by atoms with Gasteiger partial charge in [0, 0.05) is 6.42 Å². The van der Waals surface area contributed by atoms with Crippen molar-refractivity contribution in [1.29, 1.82) is 0 Å². The molecule has 460 valence electrons. The van der Waals surface area contributed by atoms with E-state index < -0.39 is 20.0 Å². The molecular formula is C68H137N2O6P. The SMILES string of the molecule is CCCCCCCCCC/C=C\CCCCCCCCCCCCCCCCCCCCCCCC(=O)NC(COP(=O)([O-])OCC[N+](C)(C)C)C(O)CCCCCCCCCCCCCCCCCCCCCCCC. The molecule has 0 aromatic carbocycles. The maximum absolute atomic E-state index is 13.0. The van der Waals surface area contributed by atoms with Gasteiger partial charge in [0.1, 0.15) is 13.2 Å². The van der Waals surface area contributed by atoms with Crippen molar-refractivity contribution >= 4 is 13.7 Å². The number of carbonyl (C=O) groups is 1. The normalized spacial score (nSPS) is 13.7. The second kappa shape index (κ2) is 59.8. The molecule has 3 atom stereocenters. The number of phosphoric ester groups is 1. The van der Waals surface area contributed by atoms with Crippen LogP contribution >= 0.6 is 7.82 Å². The van der Waals surface area contributed by atoms with Gasteiger partial charge in [-0.1, -0.05) is 334 Å². The summed E-state index contributed by atoms with van der Waals surface area (Å²) in [6.45, 7) is 4.79. The number of hydrogen-bond donors (Lipinski definition) is 2. The highest BCUT2D eigenvalue weighted by atomic mass is 31.2. The van der Waals surface area contributed by atoms with Crippen molar-refractivity contribution in [1.82, 2.24) is 5.32 Å². The van der Waals surface area contributed by atoms with Crippen LogP contribution in [0, 0.1) is 0 Å². The van der Waals surface area contributed by atoms with Gasteiger partial charge in [-0.2, -0.15) is 0 Å².